The number of fused-ring (bicyclic) bond motifs is 1. The highest BCUT2D eigenvalue weighted by Crippen LogP contribution is 2.33. The smallest absolute Gasteiger partial charge is 0.159 e. The third-order valence-electron chi connectivity index (χ3n) is 5.63. The minimum Gasteiger partial charge on any atom is -0.380 e. The number of ether oxygens (including phenoxy) is 1. The maximum atomic E-state index is 6.68. The van der Waals surface area contributed by atoms with Crippen molar-refractivity contribution in [2.45, 2.75) is 40.4 Å². The van der Waals surface area contributed by atoms with Crippen molar-refractivity contribution in [3.8, 4) is 0 Å². The largest absolute Gasteiger partial charge is 0.380 e. The van der Waals surface area contributed by atoms with Gasteiger partial charge in [0.1, 0.15) is 16.5 Å². The van der Waals surface area contributed by atoms with E-state index >= 15 is 0 Å². The predicted octanol–water partition coefficient (Wildman–Crippen LogP) is 5.94. The minimum atomic E-state index is 0.510. The third-order valence-corrected chi connectivity index (χ3v) is 6.00. The molecular formula is C26H29ClN4O. The maximum absolute atomic E-state index is 6.68. The molecule has 32 heavy (non-hydrogen) atoms. The van der Waals surface area contributed by atoms with E-state index in [4.69, 9.17) is 26.3 Å². The lowest BCUT2D eigenvalue weighted by Crippen LogP contribution is -2.24. The lowest BCUT2D eigenvalue weighted by atomic mass is 10.1. The predicted molar refractivity (Wildman–Crippen MR) is 131 cm³/mol. The highest BCUT2D eigenvalue weighted by Gasteiger charge is 2.22. The first-order valence-electron chi connectivity index (χ1n) is 11.0. The molecule has 2 aromatic heterocycles. The van der Waals surface area contributed by atoms with Crippen LogP contribution in [0.2, 0.25) is 5.15 Å². The Morgan fingerprint density at radius 1 is 0.906 bits per heavy atom. The fraction of sp³-hybridized carbons (Fsp3) is 0.308. The summed E-state index contributed by atoms with van der Waals surface area (Å²) in [6.07, 6.45) is 0. The molecule has 4 aromatic rings. The van der Waals surface area contributed by atoms with Gasteiger partial charge in [0, 0.05) is 31.8 Å². The van der Waals surface area contributed by atoms with E-state index in [1.807, 2.05) is 32.9 Å². The Balaban J connectivity index is 1.82. The average molecular weight is 449 g/mol. The molecular weight excluding hydrogens is 420 g/mol. The van der Waals surface area contributed by atoms with E-state index in [0.29, 0.717) is 31.5 Å². The molecule has 0 amide bonds. The van der Waals surface area contributed by atoms with Crippen molar-refractivity contribution in [1.29, 1.82) is 0 Å². The van der Waals surface area contributed by atoms with Gasteiger partial charge in [-0.1, -0.05) is 72.3 Å². The molecule has 2 heterocycles. The first kappa shape index (κ1) is 22.3. The minimum absolute atomic E-state index is 0.510. The van der Waals surface area contributed by atoms with Crippen molar-refractivity contribution in [3.05, 3.63) is 88.3 Å². The van der Waals surface area contributed by atoms with Crippen molar-refractivity contribution in [2.75, 3.05) is 18.1 Å². The van der Waals surface area contributed by atoms with Crippen molar-refractivity contribution < 1.29 is 4.74 Å². The second-order valence-electron chi connectivity index (χ2n) is 7.88. The molecule has 0 aliphatic carbocycles. The van der Waals surface area contributed by atoms with E-state index in [1.54, 1.807) is 0 Å². The molecule has 0 bridgehead atoms. The maximum Gasteiger partial charge on any atom is 0.159 e. The summed E-state index contributed by atoms with van der Waals surface area (Å²) in [4.78, 5) is 12.0. The van der Waals surface area contributed by atoms with Gasteiger partial charge >= 0.3 is 0 Å². The van der Waals surface area contributed by atoms with Crippen LogP contribution < -0.4 is 4.90 Å². The Morgan fingerprint density at radius 2 is 1.50 bits per heavy atom. The highest BCUT2D eigenvalue weighted by molar-refractivity contribution is 6.31. The van der Waals surface area contributed by atoms with Gasteiger partial charge in [-0.3, -0.25) is 0 Å². The van der Waals surface area contributed by atoms with Gasteiger partial charge in [0.05, 0.1) is 12.1 Å². The summed E-state index contributed by atoms with van der Waals surface area (Å²) in [6.45, 7) is 9.53. The summed E-state index contributed by atoms with van der Waals surface area (Å²) in [5, 5.41) is 0.510. The van der Waals surface area contributed by atoms with Gasteiger partial charge < -0.3 is 14.2 Å². The zero-order chi connectivity index (χ0) is 22.5. The summed E-state index contributed by atoms with van der Waals surface area (Å²) in [5.41, 5.74) is 5.28. The first-order valence-corrected chi connectivity index (χ1v) is 11.4. The monoisotopic (exact) mass is 448 g/mol. The molecule has 0 radical (unpaired) electrons. The fourth-order valence-corrected chi connectivity index (χ4v) is 4.21. The normalized spacial score (nSPS) is 11.2. The average Bonchev–Trinajstić information content (AvgIpc) is 3.14. The standard InChI is InChI=1S/C26H29ClN4O/c1-4-32-16-15-31-20(3)28-23-24(31)19(2)25(27)29-26(23)30(17-21-11-7-5-8-12-21)18-22-13-9-6-10-14-22/h5-14H,4,15-18H2,1-3H3. The number of benzene rings is 2. The molecule has 0 fully saturated rings. The van der Waals surface area contributed by atoms with Gasteiger partial charge in [-0.25, -0.2) is 9.97 Å². The van der Waals surface area contributed by atoms with Crippen LogP contribution in [-0.4, -0.2) is 27.7 Å². The van der Waals surface area contributed by atoms with E-state index in [1.165, 1.54) is 11.1 Å². The van der Waals surface area contributed by atoms with Crippen LogP contribution in [0.3, 0.4) is 0 Å². The zero-order valence-corrected chi connectivity index (χ0v) is 19.6. The van der Waals surface area contributed by atoms with E-state index in [0.717, 1.165) is 34.8 Å². The Labute approximate surface area is 194 Å². The molecule has 0 spiro atoms. The summed E-state index contributed by atoms with van der Waals surface area (Å²) < 4.78 is 7.80. The number of pyridine rings is 1. The molecule has 0 aliphatic rings. The van der Waals surface area contributed by atoms with Crippen LogP contribution in [0.5, 0.6) is 0 Å². The van der Waals surface area contributed by atoms with Crippen LogP contribution in [-0.2, 0) is 24.4 Å². The number of halogens is 1. The number of hydrogen-bond acceptors (Lipinski definition) is 4. The molecule has 2 aromatic carbocycles. The topological polar surface area (TPSA) is 43.2 Å². The lowest BCUT2D eigenvalue weighted by Gasteiger charge is -2.25. The summed E-state index contributed by atoms with van der Waals surface area (Å²) in [7, 11) is 0. The third kappa shape index (κ3) is 4.79. The van der Waals surface area contributed by atoms with E-state index in [-0.39, 0.29) is 0 Å². The van der Waals surface area contributed by atoms with Gasteiger partial charge in [-0.2, -0.15) is 0 Å². The Hall–Kier alpha value is -2.89. The van der Waals surface area contributed by atoms with Gasteiger partial charge in [0.2, 0.25) is 0 Å². The SMILES string of the molecule is CCOCCn1c(C)nc2c(N(Cc3ccccc3)Cc3ccccc3)nc(Cl)c(C)c21. The lowest BCUT2D eigenvalue weighted by molar-refractivity contribution is 0.139. The summed E-state index contributed by atoms with van der Waals surface area (Å²) in [5.74, 6) is 1.74. The Kier molecular flexibility index (Phi) is 7.08. The molecule has 0 saturated heterocycles. The van der Waals surface area contributed by atoms with Crippen molar-refractivity contribution in [3.63, 3.8) is 0 Å². The molecule has 0 saturated carbocycles. The number of aromatic nitrogens is 3. The van der Waals surface area contributed by atoms with Crippen LogP contribution >= 0.6 is 11.6 Å². The molecule has 0 atom stereocenters. The Morgan fingerprint density at radius 3 is 2.06 bits per heavy atom. The number of anilines is 1. The number of hydrogen-bond donors (Lipinski definition) is 0. The molecule has 5 nitrogen and oxygen atoms in total. The second-order valence-corrected chi connectivity index (χ2v) is 8.24. The zero-order valence-electron chi connectivity index (χ0n) is 18.9. The molecule has 0 N–H and O–H groups in total. The Bertz CT molecular complexity index is 1130. The fourth-order valence-electron chi connectivity index (χ4n) is 4.04. The van der Waals surface area contributed by atoms with E-state index in [2.05, 4.69) is 58.0 Å². The molecule has 166 valence electrons. The quantitative estimate of drug-likeness (QED) is 0.234. The summed E-state index contributed by atoms with van der Waals surface area (Å²) in [6, 6.07) is 20.9. The first-order chi connectivity index (χ1) is 15.6. The van der Waals surface area contributed by atoms with Gasteiger partial charge in [0.15, 0.2) is 5.82 Å². The van der Waals surface area contributed by atoms with Crippen molar-refractivity contribution >= 4 is 28.5 Å². The van der Waals surface area contributed by atoms with Gasteiger partial charge in [-0.15, -0.1) is 0 Å². The number of aryl methyl sites for hydroxylation is 2. The van der Waals surface area contributed by atoms with Crippen LogP contribution in [0.4, 0.5) is 5.82 Å². The number of nitrogens with zero attached hydrogens (tertiary/aromatic N) is 4. The van der Waals surface area contributed by atoms with Crippen LogP contribution in [0.1, 0.15) is 29.4 Å². The van der Waals surface area contributed by atoms with Crippen LogP contribution in [0, 0.1) is 13.8 Å². The molecule has 4 rings (SSSR count). The van der Waals surface area contributed by atoms with E-state index in [9.17, 15) is 0 Å². The highest BCUT2D eigenvalue weighted by atomic mass is 35.5. The van der Waals surface area contributed by atoms with Crippen LogP contribution in [0.25, 0.3) is 11.0 Å². The van der Waals surface area contributed by atoms with Crippen molar-refractivity contribution in [2.24, 2.45) is 0 Å². The second kappa shape index (κ2) is 10.2. The van der Waals surface area contributed by atoms with E-state index < -0.39 is 0 Å². The number of rotatable bonds is 9. The van der Waals surface area contributed by atoms with Gasteiger partial charge in [-0.05, 0) is 31.9 Å². The number of imidazole rings is 1. The summed E-state index contributed by atoms with van der Waals surface area (Å²) >= 11 is 6.68. The molecule has 6 heteroatoms. The molecule has 0 aliphatic heterocycles. The van der Waals surface area contributed by atoms with Crippen LogP contribution in [0.15, 0.2) is 60.7 Å². The van der Waals surface area contributed by atoms with Crippen molar-refractivity contribution in [1.82, 2.24) is 14.5 Å². The molecule has 0 unspecified atom stereocenters. The van der Waals surface area contributed by atoms with Gasteiger partial charge in [0.25, 0.3) is 0 Å².